The molecule has 1 saturated heterocycles. The normalized spacial score (nSPS) is 19.9. The number of piperazine rings is 1. The van der Waals surface area contributed by atoms with Crippen molar-refractivity contribution >= 4 is 17.5 Å². The number of hydrogen-bond acceptors (Lipinski definition) is 5. The van der Waals surface area contributed by atoms with Gasteiger partial charge in [0.1, 0.15) is 11.6 Å². The number of carbonyl (C=O) groups is 2. The number of fused-ring (bicyclic) bond motifs is 1. The monoisotopic (exact) mass is 536 g/mol. The van der Waals surface area contributed by atoms with E-state index < -0.39 is 5.54 Å². The predicted molar refractivity (Wildman–Crippen MR) is 150 cm³/mol. The van der Waals surface area contributed by atoms with E-state index in [1.807, 2.05) is 29.2 Å². The number of halogens is 1. The second kappa shape index (κ2) is 11.9. The third kappa shape index (κ3) is 5.91. The summed E-state index contributed by atoms with van der Waals surface area (Å²) >= 11 is 0. The van der Waals surface area contributed by atoms with Gasteiger partial charge in [0.25, 0.3) is 5.91 Å². The molecule has 2 aromatic carbocycles. The van der Waals surface area contributed by atoms with Crippen LogP contribution in [0, 0.1) is 5.82 Å². The first-order valence-electron chi connectivity index (χ1n) is 14.6. The fourth-order valence-electron chi connectivity index (χ4n) is 5.85. The number of anilines is 1. The van der Waals surface area contributed by atoms with E-state index in [-0.39, 0.29) is 23.9 Å². The van der Waals surface area contributed by atoms with E-state index in [9.17, 15) is 14.0 Å². The highest BCUT2D eigenvalue weighted by molar-refractivity contribution is 5.94. The molecule has 2 N–H and O–H groups in total. The maximum atomic E-state index is 13.9. The molecule has 3 aliphatic rings. The Morgan fingerprint density at radius 3 is 2.28 bits per heavy atom. The van der Waals surface area contributed by atoms with Gasteiger partial charge in [0.05, 0.1) is 11.2 Å². The van der Waals surface area contributed by atoms with Crippen molar-refractivity contribution in [2.75, 3.05) is 37.6 Å². The molecule has 1 atom stereocenters. The first kappa shape index (κ1) is 27.4. The Labute approximate surface area is 231 Å². The lowest BCUT2D eigenvalue weighted by Gasteiger charge is -2.43. The Morgan fingerprint density at radius 1 is 0.949 bits per heavy atom. The van der Waals surface area contributed by atoms with Gasteiger partial charge in [-0.2, -0.15) is 0 Å². The molecule has 1 saturated carbocycles. The molecule has 210 valence electrons. The molecule has 2 fully saturated rings. The summed E-state index contributed by atoms with van der Waals surface area (Å²) < 4.78 is 20.2. The second-order valence-electron chi connectivity index (χ2n) is 11.3. The molecule has 1 aliphatic carbocycles. The van der Waals surface area contributed by atoms with Gasteiger partial charge in [-0.05, 0) is 49.9 Å². The maximum Gasteiger partial charge on any atom is 0.253 e. The van der Waals surface area contributed by atoms with E-state index in [1.54, 1.807) is 11.0 Å². The smallest absolute Gasteiger partial charge is 0.253 e. The van der Waals surface area contributed by atoms with Crippen molar-refractivity contribution in [2.45, 2.75) is 76.5 Å². The summed E-state index contributed by atoms with van der Waals surface area (Å²) in [4.78, 5) is 31.8. The lowest BCUT2D eigenvalue weighted by atomic mass is 9.76. The van der Waals surface area contributed by atoms with E-state index in [0.29, 0.717) is 37.5 Å². The van der Waals surface area contributed by atoms with E-state index in [0.717, 1.165) is 49.9 Å². The van der Waals surface area contributed by atoms with Crippen molar-refractivity contribution in [3.05, 3.63) is 59.4 Å². The zero-order valence-corrected chi connectivity index (χ0v) is 23.0. The van der Waals surface area contributed by atoms with Gasteiger partial charge in [-0.1, -0.05) is 51.2 Å². The molecule has 2 heterocycles. The Kier molecular flexibility index (Phi) is 8.40. The van der Waals surface area contributed by atoms with Crippen LogP contribution in [0.15, 0.2) is 42.5 Å². The number of carbonyl (C=O) groups excluding carboxylic acids is 2. The fourth-order valence-corrected chi connectivity index (χ4v) is 5.85. The van der Waals surface area contributed by atoms with Crippen LogP contribution < -0.4 is 15.4 Å². The quantitative estimate of drug-likeness (QED) is 0.420. The van der Waals surface area contributed by atoms with Crippen LogP contribution in [0.4, 0.5) is 10.1 Å². The molecule has 1 unspecified atom stereocenters. The van der Waals surface area contributed by atoms with Crippen LogP contribution in [0.1, 0.15) is 86.9 Å². The molecule has 2 amide bonds. The number of nitrogens with zero attached hydrogens (tertiary/aromatic N) is 3. The third-order valence-corrected chi connectivity index (χ3v) is 8.47. The van der Waals surface area contributed by atoms with E-state index in [1.165, 1.54) is 37.8 Å². The van der Waals surface area contributed by atoms with Crippen LogP contribution in [-0.4, -0.2) is 59.9 Å². The lowest BCUT2D eigenvalue weighted by molar-refractivity contribution is -0.141. The van der Waals surface area contributed by atoms with Crippen LogP contribution in [0.2, 0.25) is 0 Å². The maximum absolute atomic E-state index is 13.9. The summed E-state index contributed by atoms with van der Waals surface area (Å²) in [5.41, 5.74) is 7.97. The SMILES string of the molecule is CCCCCCCCN1c2ccc(F)cc2OC1c1ccc(C(=O)N2CCN(C(=O)C3(N)CCC3)CC2)cc1. The molecular formula is C31H41FN4O3. The van der Waals surface area contributed by atoms with Crippen molar-refractivity contribution in [2.24, 2.45) is 5.73 Å². The highest BCUT2D eigenvalue weighted by atomic mass is 19.1. The van der Waals surface area contributed by atoms with Gasteiger partial charge in [0, 0.05) is 49.9 Å². The van der Waals surface area contributed by atoms with E-state index in [4.69, 9.17) is 10.5 Å². The van der Waals surface area contributed by atoms with Crippen LogP contribution in [0.25, 0.3) is 0 Å². The van der Waals surface area contributed by atoms with Crippen molar-refractivity contribution in [1.29, 1.82) is 0 Å². The zero-order chi connectivity index (χ0) is 27.4. The minimum atomic E-state index is -0.696. The van der Waals surface area contributed by atoms with Gasteiger partial charge in [-0.25, -0.2) is 4.39 Å². The Morgan fingerprint density at radius 2 is 1.62 bits per heavy atom. The van der Waals surface area contributed by atoms with Crippen molar-refractivity contribution in [3.8, 4) is 5.75 Å². The van der Waals surface area contributed by atoms with Gasteiger partial charge in [-0.15, -0.1) is 0 Å². The Hall–Kier alpha value is -3.13. The summed E-state index contributed by atoms with van der Waals surface area (Å²) in [6, 6.07) is 12.3. The largest absolute Gasteiger partial charge is 0.464 e. The number of unbranched alkanes of at least 4 members (excludes halogenated alkanes) is 5. The number of benzene rings is 2. The molecule has 39 heavy (non-hydrogen) atoms. The molecular weight excluding hydrogens is 495 g/mol. The highest BCUT2D eigenvalue weighted by Crippen LogP contribution is 2.44. The number of ether oxygens (including phenoxy) is 1. The second-order valence-corrected chi connectivity index (χ2v) is 11.3. The molecule has 0 aromatic heterocycles. The van der Waals surface area contributed by atoms with Crippen molar-refractivity contribution < 1.29 is 18.7 Å². The first-order valence-corrected chi connectivity index (χ1v) is 14.6. The molecule has 2 aromatic rings. The Bertz CT molecular complexity index is 1160. The molecule has 2 aliphatic heterocycles. The third-order valence-electron chi connectivity index (χ3n) is 8.47. The summed E-state index contributed by atoms with van der Waals surface area (Å²) in [6.45, 7) is 5.07. The van der Waals surface area contributed by atoms with Crippen LogP contribution in [0.3, 0.4) is 0 Å². The van der Waals surface area contributed by atoms with Gasteiger partial charge in [0.2, 0.25) is 5.91 Å². The Balaban J connectivity index is 1.20. The highest BCUT2D eigenvalue weighted by Gasteiger charge is 2.43. The molecule has 0 spiro atoms. The molecule has 5 rings (SSSR count). The first-order chi connectivity index (χ1) is 18.9. The summed E-state index contributed by atoms with van der Waals surface area (Å²) in [6.07, 6.45) is 9.30. The van der Waals surface area contributed by atoms with Gasteiger partial charge in [0.15, 0.2) is 6.23 Å². The molecule has 0 radical (unpaired) electrons. The summed E-state index contributed by atoms with van der Waals surface area (Å²) in [5, 5.41) is 0. The topological polar surface area (TPSA) is 79.1 Å². The average Bonchev–Trinajstić information content (AvgIpc) is 3.30. The predicted octanol–water partition coefficient (Wildman–Crippen LogP) is 5.25. The fraction of sp³-hybridized carbons (Fsp3) is 0.548. The van der Waals surface area contributed by atoms with Crippen LogP contribution in [-0.2, 0) is 4.79 Å². The molecule has 0 bridgehead atoms. The number of hydrogen-bond donors (Lipinski definition) is 1. The van der Waals surface area contributed by atoms with Crippen molar-refractivity contribution in [1.82, 2.24) is 9.80 Å². The average molecular weight is 537 g/mol. The molecule has 7 nitrogen and oxygen atoms in total. The van der Waals surface area contributed by atoms with E-state index in [2.05, 4.69) is 11.8 Å². The standard InChI is InChI=1S/C31H41FN4O3/c1-2-3-4-5-6-7-17-36-26-14-13-25(32)22-27(26)39-29(36)24-11-9-23(10-12-24)28(37)34-18-20-35(21-19-34)30(38)31(33)15-8-16-31/h9-14,22,29H,2-8,15-21,33H2,1H3. The van der Waals surface area contributed by atoms with Gasteiger partial charge in [-0.3, -0.25) is 9.59 Å². The van der Waals surface area contributed by atoms with Crippen LogP contribution in [0.5, 0.6) is 5.75 Å². The summed E-state index contributed by atoms with van der Waals surface area (Å²) in [7, 11) is 0. The number of nitrogens with two attached hydrogens (primary N) is 1. The number of rotatable bonds is 10. The molecule has 8 heteroatoms. The number of amides is 2. The minimum absolute atomic E-state index is 0.0214. The zero-order valence-electron chi connectivity index (χ0n) is 23.0. The lowest BCUT2D eigenvalue weighted by Crippen LogP contribution is -2.62. The summed E-state index contributed by atoms with van der Waals surface area (Å²) in [5.74, 6) is 0.222. The van der Waals surface area contributed by atoms with E-state index >= 15 is 0 Å². The van der Waals surface area contributed by atoms with Crippen molar-refractivity contribution in [3.63, 3.8) is 0 Å². The minimum Gasteiger partial charge on any atom is -0.464 e. The van der Waals surface area contributed by atoms with Gasteiger partial charge < -0.3 is 25.2 Å². The van der Waals surface area contributed by atoms with Gasteiger partial charge >= 0.3 is 0 Å². The van der Waals surface area contributed by atoms with Crippen LogP contribution >= 0.6 is 0 Å².